The quantitative estimate of drug-likeness (QED) is 0.862. The second kappa shape index (κ2) is 6.25. The molecule has 0 radical (unpaired) electrons. The zero-order valence-electron chi connectivity index (χ0n) is 13.7. The molecule has 0 aromatic heterocycles. The highest BCUT2D eigenvalue weighted by atomic mass is 16.5. The lowest BCUT2D eigenvalue weighted by Crippen LogP contribution is -2.28. The molecule has 2 aliphatic heterocycles. The number of hydrogen-bond acceptors (Lipinski definition) is 3. The molecule has 2 fully saturated rings. The fraction of sp³-hybridized carbons (Fsp3) is 0.400. The fourth-order valence-electron chi connectivity index (χ4n) is 4.06. The van der Waals surface area contributed by atoms with Crippen LogP contribution in [0.1, 0.15) is 5.56 Å². The highest BCUT2D eigenvalue weighted by Crippen LogP contribution is 2.34. The van der Waals surface area contributed by atoms with Gasteiger partial charge in [0.15, 0.2) is 0 Å². The molecule has 3 heteroatoms. The molecule has 0 spiro atoms. The van der Waals surface area contributed by atoms with Crippen molar-refractivity contribution in [3.8, 4) is 5.75 Å². The third-order valence-electron chi connectivity index (χ3n) is 5.25. The van der Waals surface area contributed by atoms with E-state index in [1.807, 2.05) is 0 Å². The predicted molar refractivity (Wildman–Crippen MR) is 93.9 cm³/mol. The highest BCUT2D eigenvalue weighted by molar-refractivity contribution is 5.50. The van der Waals surface area contributed by atoms with Crippen LogP contribution in [0.4, 0.5) is 5.69 Å². The van der Waals surface area contributed by atoms with Gasteiger partial charge in [0.25, 0.3) is 0 Å². The lowest BCUT2D eigenvalue weighted by molar-refractivity contribution is 0.309. The van der Waals surface area contributed by atoms with Gasteiger partial charge in [-0.25, -0.2) is 0 Å². The van der Waals surface area contributed by atoms with Gasteiger partial charge in [-0.2, -0.15) is 0 Å². The van der Waals surface area contributed by atoms with Crippen LogP contribution in [-0.4, -0.2) is 38.2 Å². The number of nitrogens with zero attached hydrogens (tertiary/aromatic N) is 2. The molecule has 0 N–H and O–H groups in total. The summed E-state index contributed by atoms with van der Waals surface area (Å²) in [5.41, 5.74) is 2.76. The van der Waals surface area contributed by atoms with Crippen LogP contribution in [0.15, 0.2) is 54.6 Å². The second-order valence-corrected chi connectivity index (χ2v) is 6.80. The Hall–Kier alpha value is -2.00. The van der Waals surface area contributed by atoms with Crippen LogP contribution in [0.2, 0.25) is 0 Å². The topological polar surface area (TPSA) is 15.7 Å². The summed E-state index contributed by atoms with van der Waals surface area (Å²) in [6.45, 7) is 5.92. The molecule has 23 heavy (non-hydrogen) atoms. The maximum absolute atomic E-state index is 5.25. The van der Waals surface area contributed by atoms with Gasteiger partial charge in [0.05, 0.1) is 7.11 Å². The maximum atomic E-state index is 5.25. The molecule has 2 unspecified atom stereocenters. The molecular formula is C20H24N2O. The Bertz CT molecular complexity index is 626. The summed E-state index contributed by atoms with van der Waals surface area (Å²) < 4.78 is 5.25. The number of methoxy groups -OCH3 is 1. The SMILES string of the molecule is COc1ccc(N2CC3CN(Cc4ccccc4)CC3C2)cc1. The van der Waals surface area contributed by atoms with Gasteiger partial charge in [-0.15, -0.1) is 0 Å². The van der Waals surface area contributed by atoms with E-state index in [1.54, 1.807) is 7.11 Å². The number of rotatable bonds is 4. The van der Waals surface area contributed by atoms with Crippen LogP contribution < -0.4 is 9.64 Å². The first-order valence-corrected chi connectivity index (χ1v) is 8.47. The number of fused-ring (bicyclic) bond motifs is 1. The van der Waals surface area contributed by atoms with Gasteiger partial charge >= 0.3 is 0 Å². The average molecular weight is 308 g/mol. The van der Waals surface area contributed by atoms with E-state index in [1.165, 1.54) is 37.4 Å². The van der Waals surface area contributed by atoms with Crippen LogP contribution in [-0.2, 0) is 6.54 Å². The molecule has 0 saturated carbocycles. The van der Waals surface area contributed by atoms with Crippen molar-refractivity contribution in [1.82, 2.24) is 4.90 Å². The summed E-state index contributed by atoms with van der Waals surface area (Å²) in [6.07, 6.45) is 0. The van der Waals surface area contributed by atoms with E-state index in [0.717, 1.165) is 24.1 Å². The first-order valence-electron chi connectivity index (χ1n) is 8.47. The highest BCUT2D eigenvalue weighted by Gasteiger charge is 2.39. The largest absolute Gasteiger partial charge is 0.497 e. The van der Waals surface area contributed by atoms with Crippen molar-refractivity contribution >= 4 is 5.69 Å². The molecule has 2 aromatic carbocycles. The van der Waals surface area contributed by atoms with Gasteiger partial charge in [-0.1, -0.05) is 30.3 Å². The van der Waals surface area contributed by atoms with Gasteiger partial charge in [0, 0.05) is 38.4 Å². The molecule has 3 nitrogen and oxygen atoms in total. The van der Waals surface area contributed by atoms with Gasteiger partial charge in [0.2, 0.25) is 0 Å². The van der Waals surface area contributed by atoms with Crippen LogP contribution in [0.25, 0.3) is 0 Å². The first kappa shape index (κ1) is 14.6. The fourth-order valence-corrected chi connectivity index (χ4v) is 4.06. The third-order valence-corrected chi connectivity index (χ3v) is 5.25. The number of likely N-dealkylation sites (tertiary alicyclic amines) is 1. The van der Waals surface area contributed by atoms with E-state index >= 15 is 0 Å². The number of hydrogen-bond donors (Lipinski definition) is 0. The van der Waals surface area contributed by atoms with Gasteiger partial charge < -0.3 is 9.64 Å². The zero-order chi connectivity index (χ0) is 15.6. The molecule has 2 aliphatic rings. The van der Waals surface area contributed by atoms with E-state index in [-0.39, 0.29) is 0 Å². The van der Waals surface area contributed by atoms with Crippen molar-refractivity contribution in [2.24, 2.45) is 11.8 Å². The molecule has 0 aliphatic carbocycles. The van der Waals surface area contributed by atoms with Gasteiger partial charge in [0.1, 0.15) is 5.75 Å². The van der Waals surface area contributed by atoms with Crippen molar-refractivity contribution in [1.29, 1.82) is 0 Å². The smallest absolute Gasteiger partial charge is 0.119 e. The van der Waals surface area contributed by atoms with Crippen molar-refractivity contribution in [2.75, 3.05) is 38.2 Å². The molecule has 0 amide bonds. The Kier molecular flexibility index (Phi) is 3.96. The normalized spacial score (nSPS) is 24.0. The van der Waals surface area contributed by atoms with Crippen molar-refractivity contribution in [2.45, 2.75) is 6.54 Å². The van der Waals surface area contributed by atoms with Crippen LogP contribution in [0.3, 0.4) is 0 Å². The zero-order valence-corrected chi connectivity index (χ0v) is 13.7. The van der Waals surface area contributed by atoms with Crippen LogP contribution in [0, 0.1) is 11.8 Å². The Labute approximate surface area is 138 Å². The summed E-state index contributed by atoms with van der Waals surface area (Å²) in [5, 5.41) is 0. The Morgan fingerprint density at radius 2 is 1.52 bits per heavy atom. The number of ether oxygens (including phenoxy) is 1. The summed E-state index contributed by atoms with van der Waals surface area (Å²) in [5.74, 6) is 2.55. The summed E-state index contributed by atoms with van der Waals surface area (Å²) >= 11 is 0. The lowest BCUT2D eigenvalue weighted by atomic mass is 10.0. The van der Waals surface area contributed by atoms with Gasteiger partial charge in [-0.05, 0) is 41.7 Å². The molecule has 0 bridgehead atoms. The number of benzene rings is 2. The van der Waals surface area contributed by atoms with E-state index in [4.69, 9.17) is 4.74 Å². The monoisotopic (exact) mass is 308 g/mol. The maximum Gasteiger partial charge on any atom is 0.119 e. The molecule has 4 rings (SSSR count). The summed E-state index contributed by atoms with van der Waals surface area (Å²) in [6, 6.07) is 19.3. The van der Waals surface area contributed by atoms with Crippen molar-refractivity contribution in [3.05, 3.63) is 60.2 Å². The Morgan fingerprint density at radius 1 is 0.870 bits per heavy atom. The van der Waals surface area contributed by atoms with Crippen molar-refractivity contribution < 1.29 is 4.74 Å². The third kappa shape index (κ3) is 3.06. The first-order chi connectivity index (χ1) is 11.3. The standard InChI is InChI=1S/C20H24N2O/c1-23-20-9-7-19(8-10-20)22-14-17-12-21(13-18(17)15-22)11-16-5-3-2-4-6-16/h2-10,17-18H,11-15H2,1H3. The number of anilines is 1. The predicted octanol–water partition coefficient (Wildman–Crippen LogP) is 3.26. The van der Waals surface area contributed by atoms with E-state index in [2.05, 4.69) is 64.4 Å². The molecule has 2 aromatic rings. The molecule has 2 atom stereocenters. The summed E-state index contributed by atoms with van der Waals surface area (Å²) in [4.78, 5) is 5.16. The minimum absolute atomic E-state index is 0.806. The van der Waals surface area contributed by atoms with Crippen molar-refractivity contribution in [3.63, 3.8) is 0 Å². The Morgan fingerprint density at radius 3 is 2.13 bits per heavy atom. The Balaban J connectivity index is 1.36. The van der Waals surface area contributed by atoms with Crippen LogP contribution in [0.5, 0.6) is 5.75 Å². The molecule has 2 saturated heterocycles. The minimum atomic E-state index is 0.806. The molecule has 2 heterocycles. The molecule has 120 valence electrons. The minimum Gasteiger partial charge on any atom is -0.497 e. The average Bonchev–Trinajstić information content (AvgIpc) is 3.14. The lowest BCUT2D eigenvalue weighted by Gasteiger charge is -2.23. The molecular weight excluding hydrogens is 284 g/mol. The van der Waals surface area contributed by atoms with Gasteiger partial charge in [-0.3, -0.25) is 4.90 Å². The van der Waals surface area contributed by atoms with E-state index in [9.17, 15) is 0 Å². The van der Waals surface area contributed by atoms with Crippen LogP contribution >= 0.6 is 0 Å². The van der Waals surface area contributed by atoms with E-state index in [0.29, 0.717) is 0 Å². The van der Waals surface area contributed by atoms with E-state index < -0.39 is 0 Å². The summed E-state index contributed by atoms with van der Waals surface area (Å²) in [7, 11) is 1.72. The second-order valence-electron chi connectivity index (χ2n) is 6.80.